The summed E-state index contributed by atoms with van der Waals surface area (Å²) in [7, 11) is 7.16. The molecule has 20 heteroatoms. The SMILES string of the molecule is COC(=O)CCC1=C(CC(=O)OC)C(Cc2[nH]c(C(=O)OCc3ccccc3)c(CCC(=O)OC)c2CC(=O)OC)(Cc2[nH]c(C(=O)OCc3ccccc3)c(CC(=O)OC)c2CCC(=O)OC)N=C1Cl. The molecule has 1 aliphatic heterocycles. The Balaban J connectivity index is 1.81. The molecule has 19 nitrogen and oxygen atoms in total. The zero-order chi connectivity index (χ0) is 51.7. The Morgan fingerprint density at radius 1 is 0.493 bits per heavy atom. The van der Waals surface area contributed by atoms with Gasteiger partial charge < -0.3 is 47.9 Å². The molecule has 0 radical (unpaired) electrons. The fraction of sp³-hybridized carbons (Fsp3) is 0.392. The van der Waals surface area contributed by atoms with Crippen LogP contribution in [-0.4, -0.2) is 111 Å². The first-order valence-corrected chi connectivity index (χ1v) is 22.7. The number of methoxy groups -OCH3 is 6. The Morgan fingerprint density at radius 3 is 1.35 bits per heavy atom. The number of aliphatic imine (C=N–C) groups is 1. The second kappa shape index (κ2) is 25.9. The second-order valence-electron chi connectivity index (χ2n) is 16.2. The first-order chi connectivity index (χ1) is 34.1. The third-order valence-electron chi connectivity index (χ3n) is 11.9. The topological polar surface area (TPSA) is 254 Å². The molecule has 1 atom stereocenters. The molecule has 0 amide bonds. The van der Waals surface area contributed by atoms with Crippen molar-refractivity contribution in [1.82, 2.24) is 9.97 Å². The first kappa shape index (κ1) is 54.4. The van der Waals surface area contributed by atoms with Crippen LogP contribution in [0.4, 0.5) is 0 Å². The lowest BCUT2D eigenvalue weighted by Gasteiger charge is -2.31. The molecule has 0 spiro atoms. The number of esters is 8. The molecule has 0 fully saturated rings. The average molecular weight is 1000 g/mol. The highest BCUT2D eigenvalue weighted by molar-refractivity contribution is 6.70. The summed E-state index contributed by atoms with van der Waals surface area (Å²) < 4.78 is 41.7. The van der Waals surface area contributed by atoms with Gasteiger partial charge in [-0.1, -0.05) is 72.3 Å². The van der Waals surface area contributed by atoms with Crippen molar-refractivity contribution < 1.29 is 76.3 Å². The fourth-order valence-corrected chi connectivity index (χ4v) is 8.70. The summed E-state index contributed by atoms with van der Waals surface area (Å²) in [5.74, 6) is -5.72. The highest BCUT2D eigenvalue weighted by atomic mass is 35.5. The van der Waals surface area contributed by atoms with Gasteiger partial charge >= 0.3 is 47.8 Å². The summed E-state index contributed by atoms with van der Waals surface area (Å²) in [6, 6.07) is 17.7. The molecule has 1 aliphatic rings. The van der Waals surface area contributed by atoms with E-state index < -0.39 is 72.6 Å². The van der Waals surface area contributed by atoms with Gasteiger partial charge in [-0.2, -0.15) is 0 Å². The van der Waals surface area contributed by atoms with Crippen LogP contribution in [0.1, 0.15) is 97.8 Å². The highest BCUT2D eigenvalue weighted by Gasteiger charge is 2.46. The molecule has 71 heavy (non-hydrogen) atoms. The predicted molar refractivity (Wildman–Crippen MR) is 253 cm³/mol. The summed E-state index contributed by atoms with van der Waals surface area (Å²) in [4.78, 5) is 118. The number of carbonyl (C=O) groups is 8. The van der Waals surface area contributed by atoms with Gasteiger partial charge in [-0.25, -0.2) is 9.59 Å². The van der Waals surface area contributed by atoms with Gasteiger partial charge in [0.05, 0.1) is 67.5 Å². The second-order valence-corrected chi connectivity index (χ2v) is 16.6. The maximum absolute atomic E-state index is 14.2. The van der Waals surface area contributed by atoms with E-state index in [1.54, 1.807) is 60.7 Å². The summed E-state index contributed by atoms with van der Waals surface area (Å²) >= 11 is 7.08. The van der Waals surface area contributed by atoms with Crippen molar-refractivity contribution >= 4 is 64.5 Å². The number of nitrogens with one attached hydrogen (secondary N) is 2. The minimum atomic E-state index is -1.73. The van der Waals surface area contributed by atoms with Gasteiger partial charge in [0.15, 0.2) is 0 Å². The van der Waals surface area contributed by atoms with Crippen molar-refractivity contribution in [3.8, 4) is 0 Å². The summed E-state index contributed by atoms with van der Waals surface area (Å²) in [6.45, 7) is -0.284. The van der Waals surface area contributed by atoms with Crippen LogP contribution < -0.4 is 0 Å². The van der Waals surface area contributed by atoms with Crippen molar-refractivity contribution in [1.29, 1.82) is 0 Å². The lowest BCUT2D eigenvalue weighted by molar-refractivity contribution is -0.141. The van der Waals surface area contributed by atoms with Gasteiger partial charge in [0.1, 0.15) is 29.8 Å². The van der Waals surface area contributed by atoms with E-state index in [1.807, 2.05) is 0 Å². The van der Waals surface area contributed by atoms with E-state index in [0.717, 1.165) is 0 Å². The van der Waals surface area contributed by atoms with Gasteiger partial charge in [-0.05, 0) is 63.8 Å². The van der Waals surface area contributed by atoms with Gasteiger partial charge in [-0.15, -0.1) is 0 Å². The van der Waals surface area contributed by atoms with Crippen LogP contribution in [0.15, 0.2) is 76.8 Å². The molecule has 0 aliphatic carbocycles. The van der Waals surface area contributed by atoms with Crippen molar-refractivity contribution in [3.63, 3.8) is 0 Å². The standard InChI is InChI=1S/C51H56ClN3O16/c1-64-40(56)20-17-32-36(24-44(60)68-5)47(50(63)71-29-31-15-11-8-12-16-31)53-38(32)26-51(37(25-45(61)69-6)34(48(52)55-51)19-22-42(58)66-3)27-39-35(23-43(59)67-4)33(18-21-41(57)65-2)46(54-39)49(62)70-28-30-13-9-7-10-14-30/h7-16,53-54H,17-29H2,1-6H3. The molecule has 0 saturated heterocycles. The average Bonchev–Trinajstić information content (AvgIpc) is 3.98. The number of allylic oxidation sites excluding steroid dienone is 1. The molecule has 4 aromatic rings. The minimum absolute atomic E-state index is 0.0746. The van der Waals surface area contributed by atoms with Crippen molar-refractivity contribution in [2.45, 2.75) is 89.4 Å². The van der Waals surface area contributed by atoms with Gasteiger partial charge in [-0.3, -0.25) is 33.8 Å². The molecule has 5 rings (SSSR count). The van der Waals surface area contributed by atoms with Crippen LogP contribution in [0.5, 0.6) is 0 Å². The number of H-pyrrole nitrogens is 2. The number of nitrogens with zero attached hydrogens (tertiary/aromatic N) is 1. The van der Waals surface area contributed by atoms with E-state index in [1.165, 1.54) is 42.7 Å². The van der Waals surface area contributed by atoms with Gasteiger partial charge in [0.25, 0.3) is 0 Å². The Morgan fingerprint density at radius 2 is 0.887 bits per heavy atom. The number of hydrogen-bond acceptors (Lipinski definition) is 17. The maximum Gasteiger partial charge on any atom is 0.355 e. The van der Waals surface area contributed by atoms with Crippen molar-refractivity contribution in [3.05, 3.63) is 128 Å². The van der Waals surface area contributed by atoms with Crippen LogP contribution >= 0.6 is 11.6 Å². The number of halogens is 1. The number of aromatic nitrogens is 2. The molecule has 2 N–H and O–H groups in total. The molecule has 378 valence electrons. The minimum Gasteiger partial charge on any atom is -0.469 e. The third kappa shape index (κ3) is 14.3. The van der Waals surface area contributed by atoms with E-state index >= 15 is 0 Å². The molecule has 1 unspecified atom stereocenters. The quantitative estimate of drug-likeness (QED) is 0.0598. The van der Waals surface area contributed by atoms with E-state index in [0.29, 0.717) is 16.7 Å². The van der Waals surface area contributed by atoms with Crippen LogP contribution in [0.2, 0.25) is 0 Å². The summed E-state index contributed by atoms with van der Waals surface area (Å²) in [5, 5.41) is -0.109. The summed E-state index contributed by atoms with van der Waals surface area (Å²) in [6.07, 6.45) is -2.85. The first-order valence-electron chi connectivity index (χ1n) is 22.4. The number of hydrogen-bond donors (Lipinski definition) is 2. The predicted octanol–water partition coefficient (Wildman–Crippen LogP) is 5.69. The molecular weight excluding hydrogens is 946 g/mol. The molecule has 2 aromatic heterocycles. The van der Waals surface area contributed by atoms with Crippen molar-refractivity contribution in [2.24, 2.45) is 4.99 Å². The van der Waals surface area contributed by atoms with Gasteiger partial charge in [0.2, 0.25) is 0 Å². The Bertz CT molecular complexity index is 2670. The zero-order valence-corrected chi connectivity index (χ0v) is 41.1. The van der Waals surface area contributed by atoms with E-state index in [9.17, 15) is 38.4 Å². The van der Waals surface area contributed by atoms with E-state index in [2.05, 4.69) is 9.97 Å². The molecule has 2 aromatic carbocycles. The molecular formula is C51H56ClN3O16. The third-order valence-corrected chi connectivity index (χ3v) is 12.3. The number of carbonyl (C=O) groups excluding carboxylic acids is 8. The fourth-order valence-electron chi connectivity index (χ4n) is 8.33. The van der Waals surface area contributed by atoms with Gasteiger partial charge in [0, 0.05) is 43.5 Å². The van der Waals surface area contributed by atoms with E-state index in [-0.39, 0.29) is 120 Å². The largest absolute Gasteiger partial charge is 0.469 e. The molecule has 0 saturated carbocycles. The normalized spacial score (nSPS) is 14.0. The van der Waals surface area contributed by atoms with Crippen LogP contribution in [0, 0.1) is 0 Å². The van der Waals surface area contributed by atoms with Crippen LogP contribution in [-0.2, 0) is 118 Å². The number of ether oxygens (including phenoxy) is 8. The monoisotopic (exact) mass is 1000 g/mol. The highest BCUT2D eigenvalue weighted by Crippen LogP contribution is 2.44. The number of benzene rings is 2. The Hall–Kier alpha value is -7.54. The van der Waals surface area contributed by atoms with Crippen molar-refractivity contribution in [2.75, 3.05) is 42.7 Å². The van der Waals surface area contributed by atoms with Crippen LogP contribution in [0.25, 0.3) is 0 Å². The zero-order valence-electron chi connectivity index (χ0n) is 40.3. The molecule has 3 heterocycles. The lowest BCUT2D eigenvalue weighted by atomic mass is 9.77. The maximum atomic E-state index is 14.2. The Labute approximate surface area is 414 Å². The summed E-state index contributed by atoms with van der Waals surface area (Å²) in [5.41, 5.74) is 1.23. The smallest absolute Gasteiger partial charge is 0.355 e. The number of rotatable bonds is 25. The number of aromatic amines is 2. The van der Waals surface area contributed by atoms with E-state index in [4.69, 9.17) is 54.5 Å². The Kier molecular flexibility index (Phi) is 19.8. The molecule has 0 bridgehead atoms. The lowest BCUT2D eigenvalue weighted by Crippen LogP contribution is -2.36. The van der Waals surface area contributed by atoms with Crippen LogP contribution in [0.3, 0.4) is 0 Å².